The largest absolute Gasteiger partial charge is 0.178 e. The molecule has 0 atom stereocenters. The SMILES string of the molecule is C=Cc1cc(C)cc(CC)c1B1CC(C)(C)C(C)(C)C1. The van der Waals surface area contributed by atoms with Crippen molar-refractivity contribution in [3.63, 3.8) is 0 Å². The van der Waals surface area contributed by atoms with E-state index >= 15 is 0 Å². The first-order valence-electron chi connectivity index (χ1n) is 7.97. The van der Waals surface area contributed by atoms with E-state index in [-0.39, 0.29) is 0 Å². The van der Waals surface area contributed by atoms with Crippen molar-refractivity contribution >= 4 is 18.3 Å². The molecule has 0 spiro atoms. The molecule has 0 nitrogen and oxygen atoms in total. The molecule has 1 heteroatoms. The zero-order valence-electron chi connectivity index (χ0n) is 14.1. The molecule has 0 bridgehead atoms. The van der Waals surface area contributed by atoms with Crippen LogP contribution in [0.5, 0.6) is 0 Å². The van der Waals surface area contributed by atoms with Crippen LogP contribution in [0.2, 0.25) is 12.6 Å². The van der Waals surface area contributed by atoms with E-state index in [2.05, 4.69) is 66.3 Å². The van der Waals surface area contributed by atoms with Gasteiger partial charge in [0.25, 0.3) is 0 Å². The molecule has 0 aromatic heterocycles. The maximum Gasteiger partial charge on any atom is 0.178 e. The monoisotopic (exact) mass is 268 g/mol. The highest BCUT2D eigenvalue weighted by molar-refractivity contribution is 6.75. The zero-order chi connectivity index (χ0) is 15.1. The Morgan fingerprint density at radius 1 is 1.15 bits per heavy atom. The molecule has 0 amide bonds. The topological polar surface area (TPSA) is 0 Å². The second-order valence-electron chi connectivity index (χ2n) is 7.86. The number of aryl methyl sites for hydroxylation is 2. The maximum atomic E-state index is 4.05. The zero-order valence-corrected chi connectivity index (χ0v) is 14.1. The van der Waals surface area contributed by atoms with Gasteiger partial charge in [-0.2, -0.15) is 0 Å². The van der Waals surface area contributed by atoms with Crippen LogP contribution in [0.3, 0.4) is 0 Å². The van der Waals surface area contributed by atoms with Gasteiger partial charge in [0.2, 0.25) is 0 Å². The van der Waals surface area contributed by atoms with E-state index in [0.717, 1.165) is 6.42 Å². The van der Waals surface area contributed by atoms with Crippen LogP contribution in [0.1, 0.15) is 51.3 Å². The quantitative estimate of drug-likeness (QED) is 0.679. The van der Waals surface area contributed by atoms with E-state index < -0.39 is 0 Å². The molecule has 1 aromatic rings. The van der Waals surface area contributed by atoms with Gasteiger partial charge in [0.15, 0.2) is 6.71 Å². The highest BCUT2D eigenvalue weighted by atomic mass is 14.4. The lowest BCUT2D eigenvalue weighted by Crippen LogP contribution is -2.33. The van der Waals surface area contributed by atoms with Gasteiger partial charge >= 0.3 is 0 Å². The smallest absolute Gasteiger partial charge is 0.0985 e. The predicted octanol–water partition coefficient (Wildman–Crippen LogP) is 4.97. The first-order valence-corrected chi connectivity index (χ1v) is 7.97. The Labute approximate surface area is 125 Å². The van der Waals surface area contributed by atoms with Crippen molar-refractivity contribution in [3.8, 4) is 0 Å². The van der Waals surface area contributed by atoms with Crippen molar-refractivity contribution in [1.29, 1.82) is 0 Å². The summed E-state index contributed by atoms with van der Waals surface area (Å²) in [5, 5.41) is 0. The summed E-state index contributed by atoms with van der Waals surface area (Å²) in [6.45, 7) is 18.9. The Morgan fingerprint density at radius 2 is 1.70 bits per heavy atom. The van der Waals surface area contributed by atoms with Crippen LogP contribution in [-0.4, -0.2) is 6.71 Å². The average Bonchev–Trinajstić information content (AvgIpc) is 2.56. The summed E-state index contributed by atoms with van der Waals surface area (Å²) in [5.74, 6) is 0. The molecule has 0 radical (unpaired) electrons. The maximum absolute atomic E-state index is 4.05. The number of benzene rings is 1. The summed E-state index contributed by atoms with van der Waals surface area (Å²) in [6.07, 6.45) is 5.75. The lowest BCUT2D eigenvalue weighted by Gasteiger charge is -2.35. The molecule has 1 aromatic carbocycles. The second kappa shape index (κ2) is 5.09. The van der Waals surface area contributed by atoms with Crippen molar-refractivity contribution in [2.24, 2.45) is 10.8 Å². The number of hydrogen-bond donors (Lipinski definition) is 0. The normalized spacial score (nSPS) is 20.2. The van der Waals surface area contributed by atoms with Crippen LogP contribution in [0, 0.1) is 17.8 Å². The minimum absolute atomic E-state index is 0.409. The van der Waals surface area contributed by atoms with Gasteiger partial charge in [-0.3, -0.25) is 0 Å². The summed E-state index contributed by atoms with van der Waals surface area (Å²) >= 11 is 0. The van der Waals surface area contributed by atoms with E-state index in [1.165, 1.54) is 29.3 Å². The summed E-state index contributed by atoms with van der Waals surface area (Å²) in [6, 6.07) is 4.68. The summed E-state index contributed by atoms with van der Waals surface area (Å²) in [4.78, 5) is 0. The molecule has 1 fully saturated rings. The molecule has 1 aliphatic heterocycles. The number of rotatable bonds is 3. The fourth-order valence-electron chi connectivity index (χ4n) is 3.92. The van der Waals surface area contributed by atoms with Gasteiger partial charge in [0.1, 0.15) is 0 Å². The lowest BCUT2D eigenvalue weighted by atomic mass is 9.40. The van der Waals surface area contributed by atoms with Crippen LogP contribution >= 0.6 is 0 Å². The highest BCUT2D eigenvalue weighted by Gasteiger charge is 2.48. The molecule has 20 heavy (non-hydrogen) atoms. The lowest BCUT2D eigenvalue weighted by molar-refractivity contribution is 0.177. The summed E-state index contributed by atoms with van der Waals surface area (Å²) in [7, 11) is 0. The highest BCUT2D eigenvalue weighted by Crippen LogP contribution is 2.52. The third-order valence-electron chi connectivity index (χ3n) is 5.80. The first-order chi connectivity index (χ1) is 9.21. The molecule has 1 heterocycles. The third kappa shape index (κ3) is 2.48. The van der Waals surface area contributed by atoms with Gasteiger partial charge in [-0.15, -0.1) is 0 Å². The van der Waals surface area contributed by atoms with E-state index in [9.17, 15) is 0 Å². The summed E-state index contributed by atoms with van der Waals surface area (Å²) in [5.41, 5.74) is 6.64. The van der Waals surface area contributed by atoms with Gasteiger partial charge in [-0.25, -0.2) is 0 Å². The summed E-state index contributed by atoms with van der Waals surface area (Å²) < 4.78 is 0. The Balaban J connectivity index is 2.51. The van der Waals surface area contributed by atoms with Crippen LogP contribution in [0.25, 0.3) is 6.08 Å². The molecule has 0 unspecified atom stereocenters. The molecular formula is C19H29B. The van der Waals surface area contributed by atoms with Crippen molar-refractivity contribution in [2.45, 2.75) is 60.6 Å². The molecule has 0 aliphatic carbocycles. The van der Waals surface area contributed by atoms with E-state index in [1.54, 1.807) is 5.46 Å². The van der Waals surface area contributed by atoms with Crippen LogP contribution in [0.15, 0.2) is 18.7 Å². The molecular weight excluding hydrogens is 239 g/mol. The van der Waals surface area contributed by atoms with Crippen LogP contribution in [0.4, 0.5) is 0 Å². The van der Waals surface area contributed by atoms with Crippen molar-refractivity contribution in [1.82, 2.24) is 0 Å². The Kier molecular flexibility index (Phi) is 3.93. The fraction of sp³-hybridized carbons (Fsp3) is 0.579. The van der Waals surface area contributed by atoms with Crippen LogP contribution in [-0.2, 0) is 6.42 Å². The van der Waals surface area contributed by atoms with Crippen LogP contribution < -0.4 is 5.46 Å². The van der Waals surface area contributed by atoms with Gasteiger partial charge < -0.3 is 0 Å². The molecule has 2 rings (SSSR count). The Hall–Kier alpha value is -0.975. The molecule has 108 valence electrons. The second-order valence-corrected chi connectivity index (χ2v) is 7.86. The third-order valence-corrected chi connectivity index (χ3v) is 5.80. The fourth-order valence-corrected chi connectivity index (χ4v) is 3.92. The molecule has 1 aliphatic rings. The minimum atomic E-state index is 0.409. The van der Waals surface area contributed by atoms with Crippen molar-refractivity contribution < 1.29 is 0 Å². The number of hydrogen-bond acceptors (Lipinski definition) is 0. The van der Waals surface area contributed by atoms with Gasteiger partial charge in [0, 0.05) is 0 Å². The molecule has 0 N–H and O–H groups in total. The molecule has 1 saturated heterocycles. The molecule has 0 saturated carbocycles. The predicted molar refractivity (Wildman–Crippen MR) is 93.2 cm³/mol. The minimum Gasteiger partial charge on any atom is -0.0985 e. The first kappa shape index (κ1) is 15.4. The average molecular weight is 268 g/mol. The standard InChI is InChI=1S/C19H29B/c1-8-15-10-14(3)11-16(9-2)17(15)20-12-18(4,5)19(6,7)13-20/h8,10-11H,1,9,12-13H2,2-7H3. The van der Waals surface area contributed by atoms with Gasteiger partial charge in [0.05, 0.1) is 0 Å². The van der Waals surface area contributed by atoms with E-state index in [1.807, 2.05) is 0 Å². The van der Waals surface area contributed by atoms with E-state index in [0.29, 0.717) is 17.5 Å². The Morgan fingerprint density at radius 3 is 2.15 bits per heavy atom. The Bertz CT molecular complexity index is 507. The van der Waals surface area contributed by atoms with Gasteiger partial charge in [-0.1, -0.05) is 88.6 Å². The van der Waals surface area contributed by atoms with Crippen molar-refractivity contribution in [3.05, 3.63) is 35.4 Å². The van der Waals surface area contributed by atoms with Crippen molar-refractivity contribution in [2.75, 3.05) is 0 Å². The van der Waals surface area contributed by atoms with E-state index in [4.69, 9.17) is 0 Å². The van der Waals surface area contributed by atoms with Gasteiger partial charge in [-0.05, 0) is 29.7 Å².